The van der Waals surface area contributed by atoms with Crippen LogP contribution in [-0.2, 0) is 21.1 Å². The third kappa shape index (κ3) is 12500. The van der Waals surface area contributed by atoms with Gasteiger partial charge in [-0.2, -0.15) is 7.82 Å². The summed E-state index contributed by atoms with van der Waals surface area (Å²) in [6.07, 6.45) is 0. The van der Waals surface area contributed by atoms with Gasteiger partial charge in [-0.25, -0.2) is 0 Å². The van der Waals surface area contributed by atoms with Gasteiger partial charge >= 0.3 is 16.5 Å². The predicted molar refractivity (Wildman–Crippen MR) is 32.9 cm³/mol. The largest absolute Gasteiger partial charge is 2.00 e. The van der Waals surface area contributed by atoms with E-state index >= 15 is 0 Å². The van der Waals surface area contributed by atoms with Crippen LogP contribution >= 0.6 is 7.82 Å². The maximum Gasteiger partial charge on any atom is 2.00 e. The van der Waals surface area contributed by atoms with E-state index in [0.717, 1.165) is 0 Å². The monoisotopic (exact) mass is 279 g/mol. The molecule has 96 valence electrons. The maximum absolute atomic E-state index is 8.55. The molecule has 0 fully saturated rings. The Labute approximate surface area is 82.7 Å². The molecule has 11 nitrogen and oxygen atoms in total. The molecule has 13 heteroatoms. The molecule has 0 aliphatic rings. The molecule has 0 heterocycles. The first-order valence-corrected chi connectivity index (χ1v) is 2.19. The van der Waals surface area contributed by atoms with E-state index in [-0.39, 0.29) is 54.8 Å². The normalized spacial score (nSPS) is 4.54. The van der Waals surface area contributed by atoms with Gasteiger partial charge in [0.15, 0.2) is 0 Å². The molecule has 0 radical (unpaired) electrons. The first kappa shape index (κ1) is 108. The standard InChI is InChI=1S/Ni.H3O4P.7H2O/c;1-5(2,3)4;;;;;;;/h;(H3,1,2,3,4);7*1H2/q+2;;;;;;;;/p-3. The van der Waals surface area contributed by atoms with Crippen LogP contribution in [0.1, 0.15) is 0 Å². The number of phosphoric acid groups is 1. The Morgan fingerprint density at radius 1 is 0.615 bits per heavy atom. The van der Waals surface area contributed by atoms with Gasteiger partial charge in [-0.05, 0) is 0 Å². The molecule has 0 saturated carbocycles. The Balaban J connectivity index is -0.00000000286. The van der Waals surface area contributed by atoms with Gasteiger partial charge in [0, 0.05) is 0 Å². The minimum absolute atomic E-state index is 0. The summed E-state index contributed by atoms with van der Waals surface area (Å²) in [5.41, 5.74) is 0. The maximum atomic E-state index is 8.55. The Bertz CT molecular complexity index is 56.2. The molecule has 0 unspecified atom stereocenters. The molecule has 0 saturated heterocycles. The van der Waals surface area contributed by atoms with Gasteiger partial charge in [0.1, 0.15) is 0 Å². The average molecular weight is 280 g/mol. The summed E-state index contributed by atoms with van der Waals surface area (Å²) < 4.78 is 8.55. The summed E-state index contributed by atoms with van der Waals surface area (Å²) in [7, 11) is -5.39. The third-order valence-electron chi connectivity index (χ3n) is 0. The van der Waals surface area contributed by atoms with Crippen LogP contribution in [0.15, 0.2) is 0 Å². The van der Waals surface area contributed by atoms with Crippen molar-refractivity contribution < 1.29 is 74.1 Å². The van der Waals surface area contributed by atoms with Crippen LogP contribution in [0, 0.1) is 0 Å². The number of hydrogen-bond donors (Lipinski definition) is 0. The average Bonchev–Trinajstić information content (AvgIpc) is 0.722. The molecule has 0 aromatic rings. The molecule has 0 aromatic heterocycles. The van der Waals surface area contributed by atoms with E-state index in [0.29, 0.717) is 0 Å². The second-order valence-electron chi connectivity index (χ2n) is 0.447. The molecule has 0 aromatic carbocycles. The van der Waals surface area contributed by atoms with E-state index in [1.165, 1.54) is 0 Å². The van der Waals surface area contributed by atoms with Crippen molar-refractivity contribution in [3.63, 3.8) is 0 Å². The summed E-state index contributed by atoms with van der Waals surface area (Å²) in [4.78, 5) is 25.6. The molecular formula is H14NiO11P-. The summed E-state index contributed by atoms with van der Waals surface area (Å²) in [6, 6.07) is 0. The van der Waals surface area contributed by atoms with Gasteiger partial charge in [-0.3, -0.25) is 0 Å². The van der Waals surface area contributed by atoms with Gasteiger partial charge in [-0.1, -0.05) is 0 Å². The first-order valence-electron chi connectivity index (χ1n) is 0.730. The van der Waals surface area contributed by atoms with Gasteiger partial charge in [0.25, 0.3) is 0 Å². The van der Waals surface area contributed by atoms with Gasteiger partial charge in [-0.15, -0.1) is 0 Å². The first-order chi connectivity index (χ1) is 2.00. The molecule has 13 heavy (non-hydrogen) atoms. The van der Waals surface area contributed by atoms with Crippen LogP contribution in [0.25, 0.3) is 0 Å². The molecule has 0 aliphatic heterocycles. The van der Waals surface area contributed by atoms with Crippen molar-refractivity contribution in [2.24, 2.45) is 0 Å². The van der Waals surface area contributed by atoms with E-state index in [1.807, 2.05) is 0 Å². The molecule has 0 amide bonds. The van der Waals surface area contributed by atoms with E-state index in [4.69, 9.17) is 19.2 Å². The molecule has 14 N–H and O–H groups in total. The Morgan fingerprint density at radius 3 is 0.615 bits per heavy atom. The topological polar surface area (TPSA) is 307 Å². The predicted octanol–water partition coefficient (Wildman–Crippen LogP) is -8.60. The Kier molecular flexibility index (Phi) is 329. The molecule has 0 rings (SSSR count). The van der Waals surface area contributed by atoms with Gasteiger partial charge in [0.05, 0.1) is 0 Å². The molecule has 0 spiro atoms. The number of rotatable bonds is 0. The summed E-state index contributed by atoms with van der Waals surface area (Å²) in [5, 5.41) is 0. The van der Waals surface area contributed by atoms with Crippen LogP contribution in [0.3, 0.4) is 0 Å². The summed E-state index contributed by atoms with van der Waals surface area (Å²) in [6.45, 7) is 0. The molecular weight excluding hydrogens is 266 g/mol. The van der Waals surface area contributed by atoms with Crippen molar-refractivity contribution in [1.29, 1.82) is 0 Å². The quantitative estimate of drug-likeness (QED) is 0.307. The minimum atomic E-state index is -5.39. The second kappa shape index (κ2) is 39.5. The van der Waals surface area contributed by atoms with Crippen molar-refractivity contribution in [1.82, 2.24) is 0 Å². The van der Waals surface area contributed by atoms with Crippen LogP contribution in [0.4, 0.5) is 0 Å². The van der Waals surface area contributed by atoms with Gasteiger partial charge < -0.3 is 57.6 Å². The summed E-state index contributed by atoms with van der Waals surface area (Å²) in [5.74, 6) is 0. The fourth-order valence-electron chi connectivity index (χ4n) is 0. The molecule has 0 atom stereocenters. The van der Waals surface area contributed by atoms with Crippen molar-refractivity contribution in [2.45, 2.75) is 0 Å². The van der Waals surface area contributed by atoms with Crippen molar-refractivity contribution in [3.05, 3.63) is 0 Å². The number of hydrogen-bond acceptors (Lipinski definition) is 4. The Morgan fingerprint density at radius 2 is 0.615 bits per heavy atom. The van der Waals surface area contributed by atoms with E-state index < -0.39 is 7.82 Å². The van der Waals surface area contributed by atoms with Crippen LogP contribution in [0.2, 0.25) is 0 Å². The smallest absolute Gasteiger partial charge is 0.822 e. The van der Waals surface area contributed by atoms with E-state index in [1.54, 1.807) is 0 Å². The minimum Gasteiger partial charge on any atom is -0.822 e. The van der Waals surface area contributed by atoms with Crippen LogP contribution in [0.5, 0.6) is 0 Å². The third-order valence-corrected chi connectivity index (χ3v) is 0. The van der Waals surface area contributed by atoms with Crippen molar-refractivity contribution >= 4 is 7.82 Å². The van der Waals surface area contributed by atoms with E-state index in [2.05, 4.69) is 0 Å². The second-order valence-corrected chi connectivity index (χ2v) is 1.34. The van der Waals surface area contributed by atoms with Crippen LogP contribution in [-0.4, -0.2) is 38.3 Å². The van der Waals surface area contributed by atoms with E-state index in [9.17, 15) is 0 Å². The zero-order valence-electron chi connectivity index (χ0n) is 5.90. The fourth-order valence-corrected chi connectivity index (χ4v) is 0. The summed E-state index contributed by atoms with van der Waals surface area (Å²) >= 11 is 0. The SMILES string of the molecule is O.O.O.O.O.O.O.O=P([O-])([O-])[O-].[Ni+2]. The van der Waals surface area contributed by atoms with Crippen molar-refractivity contribution in [2.75, 3.05) is 0 Å². The van der Waals surface area contributed by atoms with Crippen LogP contribution < -0.4 is 14.7 Å². The molecule has 0 aliphatic carbocycles. The Hall–Kier alpha value is 0.324. The molecule has 0 bridgehead atoms. The zero-order valence-corrected chi connectivity index (χ0v) is 7.78. The van der Waals surface area contributed by atoms with Crippen molar-refractivity contribution in [3.8, 4) is 0 Å². The zero-order chi connectivity index (χ0) is 4.50. The fraction of sp³-hybridized carbons (Fsp3) is 0. The van der Waals surface area contributed by atoms with Gasteiger partial charge in [0.2, 0.25) is 0 Å².